The first kappa shape index (κ1) is 10.7. The normalized spacial score (nSPS) is 15.4. The molecule has 0 amide bonds. The van der Waals surface area contributed by atoms with Crippen molar-refractivity contribution in [2.45, 2.75) is 12.8 Å². The number of hydrogen-bond acceptors (Lipinski definition) is 3. The van der Waals surface area contributed by atoms with Gasteiger partial charge in [0.15, 0.2) is 0 Å². The second-order valence-electron chi connectivity index (χ2n) is 3.89. The summed E-state index contributed by atoms with van der Waals surface area (Å²) in [5.41, 5.74) is 5.71. The van der Waals surface area contributed by atoms with Crippen LogP contribution in [0.25, 0.3) is 0 Å². The Kier molecular flexibility index (Phi) is 2.68. The Labute approximate surface area is 92.5 Å². The zero-order chi connectivity index (χ0) is 11.7. The molecule has 0 spiro atoms. The minimum absolute atomic E-state index is 0.0343. The molecule has 86 valence electrons. The van der Waals surface area contributed by atoms with Gasteiger partial charge in [-0.05, 0) is 25.0 Å². The number of nitrogen functional groups attached to an aromatic ring is 1. The molecule has 4 nitrogen and oxygen atoms in total. The number of hydrogen-bond donors (Lipinski definition) is 2. The van der Waals surface area contributed by atoms with Crippen molar-refractivity contribution < 1.29 is 14.3 Å². The molecule has 0 atom stereocenters. The fraction of sp³-hybridized carbons (Fsp3) is 0.364. The lowest BCUT2D eigenvalue weighted by Gasteiger charge is -2.19. The second-order valence-corrected chi connectivity index (χ2v) is 3.89. The summed E-state index contributed by atoms with van der Waals surface area (Å²) in [7, 11) is 0. The van der Waals surface area contributed by atoms with E-state index in [1.165, 1.54) is 6.07 Å². The molecule has 0 aliphatic carbocycles. The van der Waals surface area contributed by atoms with Gasteiger partial charge in [-0.2, -0.15) is 0 Å². The van der Waals surface area contributed by atoms with Gasteiger partial charge in [0.05, 0.1) is 11.3 Å². The fourth-order valence-corrected chi connectivity index (χ4v) is 1.96. The van der Waals surface area contributed by atoms with E-state index in [4.69, 9.17) is 10.8 Å². The van der Waals surface area contributed by atoms with Crippen LogP contribution >= 0.6 is 0 Å². The van der Waals surface area contributed by atoms with Gasteiger partial charge >= 0.3 is 5.97 Å². The first-order valence-electron chi connectivity index (χ1n) is 5.17. The van der Waals surface area contributed by atoms with Gasteiger partial charge in [0.2, 0.25) is 0 Å². The molecular formula is C11H13FN2O2. The third-order valence-corrected chi connectivity index (χ3v) is 2.80. The van der Waals surface area contributed by atoms with Crippen molar-refractivity contribution in [2.75, 3.05) is 23.7 Å². The van der Waals surface area contributed by atoms with E-state index in [2.05, 4.69) is 0 Å². The molecule has 0 aromatic heterocycles. The number of carboxylic acid groups (broad SMARTS) is 1. The fourth-order valence-electron chi connectivity index (χ4n) is 1.96. The van der Waals surface area contributed by atoms with Gasteiger partial charge < -0.3 is 15.7 Å². The van der Waals surface area contributed by atoms with Crippen LogP contribution in [0.3, 0.4) is 0 Å². The molecule has 0 bridgehead atoms. The van der Waals surface area contributed by atoms with Crippen LogP contribution in [0.5, 0.6) is 0 Å². The van der Waals surface area contributed by atoms with Gasteiger partial charge in [-0.15, -0.1) is 0 Å². The van der Waals surface area contributed by atoms with E-state index in [1.807, 2.05) is 4.90 Å². The van der Waals surface area contributed by atoms with Crippen LogP contribution in [-0.2, 0) is 0 Å². The third-order valence-electron chi connectivity index (χ3n) is 2.80. The van der Waals surface area contributed by atoms with Crippen molar-refractivity contribution in [1.82, 2.24) is 0 Å². The van der Waals surface area contributed by atoms with Crippen LogP contribution in [-0.4, -0.2) is 24.2 Å². The predicted molar refractivity (Wildman–Crippen MR) is 59.2 cm³/mol. The number of rotatable bonds is 2. The Balaban J connectivity index is 2.44. The van der Waals surface area contributed by atoms with Crippen LogP contribution < -0.4 is 10.6 Å². The average Bonchev–Trinajstić information content (AvgIpc) is 2.70. The number of nitrogens with zero attached hydrogens (tertiary/aromatic N) is 1. The predicted octanol–water partition coefficient (Wildman–Crippen LogP) is 1.71. The summed E-state index contributed by atoms with van der Waals surface area (Å²) in [4.78, 5) is 12.7. The molecule has 5 heteroatoms. The van der Waals surface area contributed by atoms with Gasteiger partial charge in [-0.1, -0.05) is 0 Å². The van der Waals surface area contributed by atoms with E-state index in [0.717, 1.165) is 32.0 Å². The quantitative estimate of drug-likeness (QED) is 0.750. The number of nitrogens with two attached hydrogens (primary N) is 1. The van der Waals surface area contributed by atoms with Crippen molar-refractivity contribution in [3.8, 4) is 0 Å². The highest BCUT2D eigenvalue weighted by Gasteiger charge is 2.19. The topological polar surface area (TPSA) is 66.6 Å². The maximum absolute atomic E-state index is 13.6. The van der Waals surface area contributed by atoms with Crippen molar-refractivity contribution in [2.24, 2.45) is 0 Å². The van der Waals surface area contributed by atoms with Crippen LogP contribution in [0.2, 0.25) is 0 Å². The Hall–Kier alpha value is -1.78. The summed E-state index contributed by atoms with van der Waals surface area (Å²) < 4.78 is 13.6. The molecule has 0 unspecified atom stereocenters. The smallest absolute Gasteiger partial charge is 0.337 e. The number of carbonyl (C=O) groups is 1. The van der Waals surface area contributed by atoms with Crippen molar-refractivity contribution in [3.05, 3.63) is 23.5 Å². The molecule has 1 aromatic rings. The summed E-state index contributed by atoms with van der Waals surface area (Å²) in [6, 6.07) is 2.40. The lowest BCUT2D eigenvalue weighted by atomic mass is 10.1. The third kappa shape index (κ3) is 1.80. The van der Waals surface area contributed by atoms with Crippen molar-refractivity contribution in [3.63, 3.8) is 0 Å². The number of anilines is 2. The molecule has 0 saturated carbocycles. The highest BCUT2D eigenvalue weighted by molar-refractivity contribution is 5.95. The van der Waals surface area contributed by atoms with Gasteiger partial charge in [0.25, 0.3) is 0 Å². The van der Waals surface area contributed by atoms with Crippen LogP contribution in [0.4, 0.5) is 15.8 Å². The highest BCUT2D eigenvalue weighted by Crippen LogP contribution is 2.28. The number of halogens is 1. The average molecular weight is 224 g/mol. The standard InChI is InChI=1S/C11H13FN2O2/c12-8-6-9(13)7(11(15)16)5-10(8)14-3-1-2-4-14/h5-6H,1-4,13H2,(H,15,16). The largest absolute Gasteiger partial charge is 0.478 e. The monoisotopic (exact) mass is 224 g/mol. The molecule has 0 radical (unpaired) electrons. The van der Waals surface area contributed by atoms with Crippen LogP contribution in [0, 0.1) is 5.82 Å². The second kappa shape index (κ2) is 4.00. The van der Waals surface area contributed by atoms with E-state index in [1.54, 1.807) is 0 Å². The van der Waals surface area contributed by atoms with E-state index in [-0.39, 0.29) is 11.3 Å². The molecule has 1 aliphatic heterocycles. The summed E-state index contributed by atoms with van der Waals surface area (Å²) in [5.74, 6) is -1.58. The summed E-state index contributed by atoms with van der Waals surface area (Å²) in [5, 5.41) is 8.90. The molecule has 2 rings (SSSR count). The van der Waals surface area contributed by atoms with E-state index >= 15 is 0 Å². The molecule has 1 heterocycles. The molecule has 1 saturated heterocycles. The molecular weight excluding hydrogens is 211 g/mol. The van der Waals surface area contributed by atoms with Gasteiger partial charge in [0, 0.05) is 18.8 Å². The summed E-state index contributed by atoms with van der Waals surface area (Å²) in [6.07, 6.45) is 2.01. The van der Waals surface area contributed by atoms with Gasteiger partial charge in [-0.3, -0.25) is 0 Å². The minimum atomic E-state index is -1.13. The molecule has 1 aliphatic rings. The van der Waals surface area contributed by atoms with Crippen LogP contribution in [0.15, 0.2) is 12.1 Å². The Bertz CT molecular complexity index is 428. The maximum Gasteiger partial charge on any atom is 0.337 e. The van der Waals surface area contributed by atoms with E-state index in [9.17, 15) is 9.18 Å². The number of carboxylic acids is 1. The van der Waals surface area contributed by atoms with Crippen molar-refractivity contribution in [1.29, 1.82) is 0 Å². The summed E-state index contributed by atoms with van der Waals surface area (Å²) in [6.45, 7) is 1.53. The minimum Gasteiger partial charge on any atom is -0.478 e. The van der Waals surface area contributed by atoms with Crippen LogP contribution in [0.1, 0.15) is 23.2 Å². The highest BCUT2D eigenvalue weighted by atomic mass is 19.1. The Morgan fingerprint density at radius 1 is 1.38 bits per heavy atom. The SMILES string of the molecule is Nc1cc(F)c(N2CCCC2)cc1C(=O)O. The first-order valence-corrected chi connectivity index (χ1v) is 5.17. The molecule has 3 N–H and O–H groups in total. The van der Waals surface area contributed by atoms with E-state index in [0.29, 0.717) is 5.69 Å². The molecule has 1 aromatic carbocycles. The summed E-state index contributed by atoms with van der Waals surface area (Å²) >= 11 is 0. The number of benzene rings is 1. The van der Waals surface area contributed by atoms with Gasteiger partial charge in [0.1, 0.15) is 5.82 Å². The Morgan fingerprint density at radius 3 is 2.56 bits per heavy atom. The zero-order valence-corrected chi connectivity index (χ0v) is 8.74. The Morgan fingerprint density at radius 2 is 2.00 bits per heavy atom. The lowest BCUT2D eigenvalue weighted by molar-refractivity contribution is 0.0698. The maximum atomic E-state index is 13.6. The zero-order valence-electron chi connectivity index (χ0n) is 8.74. The van der Waals surface area contributed by atoms with Gasteiger partial charge in [-0.25, -0.2) is 9.18 Å². The van der Waals surface area contributed by atoms with Crippen molar-refractivity contribution >= 4 is 17.3 Å². The molecule has 16 heavy (non-hydrogen) atoms. The molecule has 1 fully saturated rings. The first-order chi connectivity index (χ1) is 7.59. The lowest BCUT2D eigenvalue weighted by Crippen LogP contribution is -2.20. The number of aromatic carboxylic acids is 1. The van der Waals surface area contributed by atoms with E-state index < -0.39 is 11.8 Å².